The minimum atomic E-state index is -4.39. The molecule has 0 radical (unpaired) electrons. The normalized spacial score (nSPS) is 13.8. The highest BCUT2D eigenvalue weighted by molar-refractivity contribution is 7.47. The number of unbranched alkanes of at least 4 members (excludes halogenated alkanes) is 32. The van der Waals surface area contributed by atoms with Crippen molar-refractivity contribution < 1.29 is 42.1 Å². The molecular weight excluding hydrogens is 1040 g/mol. The van der Waals surface area contributed by atoms with E-state index in [1.807, 2.05) is 21.1 Å². The Bertz CT molecular complexity index is 1710. The van der Waals surface area contributed by atoms with Crippen LogP contribution < -0.4 is 0 Å². The largest absolute Gasteiger partial charge is 0.472 e. The number of hydrogen-bond donors (Lipinski definition) is 1. The van der Waals surface area contributed by atoms with E-state index >= 15 is 0 Å². The second kappa shape index (κ2) is 62.5. The molecule has 2 unspecified atom stereocenters. The van der Waals surface area contributed by atoms with Gasteiger partial charge in [-0.15, -0.1) is 0 Å². The smallest absolute Gasteiger partial charge is 0.462 e. The molecule has 0 saturated heterocycles. The predicted molar refractivity (Wildman–Crippen MR) is 353 cm³/mol. The number of phosphoric ester groups is 1. The van der Waals surface area contributed by atoms with E-state index in [0.29, 0.717) is 17.4 Å². The maximum Gasteiger partial charge on any atom is 0.472 e. The van der Waals surface area contributed by atoms with E-state index in [1.54, 1.807) is 0 Å². The van der Waals surface area contributed by atoms with Gasteiger partial charge in [0.1, 0.15) is 19.8 Å². The van der Waals surface area contributed by atoms with Crippen LogP contribution in [0.4, 0.5) is 0 Å². The summed E-state index contributed by atoms with van der Waals surface area (Å²) in [7, 11) is 1.48. The molecule has 0 heterocycles. The summed E-state index contributed by atoms with van der Waals surface area (Å²) in [5.41, 5.74) is 0. The third-order valence-corrected chi connectivity index (χ3v) is 15.6. The lowest BCUT2D eigenvalue weighted by Gasteiger charge is -2.24. The zero-order chi connectivity index (χ0) is 59.8. The standard InChI is InChI=1S/C72H128NO8P/c1-6-8-10-12-14-16-18-20-22-24-26-28-30-31-32-33-34-35-36-37-38-39-40-41-43-45-47-49-51-53-55-57-59-61-63-65-72(75)81-70(69-80-82(76,77)79-67-66-73(3,4)5)68-78-71(74)64-62-60-58-56-54-52-50-48-46-44-42-29-27-25-23-21-19-17-15-13-11-9-7-2/h8-11,14-17,20-23,26-29,70H,6-7,12-13,18-19,24-25,30-69H2,1-5H3/p+1/b10-8-,11-9-,16-14-,17-15-,22-20-,23-21-,28-26-,29-27-. The van der Waals surface area contributed by atoms with Crippen molar-refractivity contribution in [3.05, 3.63) is 97.2 Å². The van der Waals surface area contributed by atoms with E-state index in [-0.39, 0.29) is 32.0 Å². The van der Waals surface area contributed by atoms with Crippen LogP contribution in [0.15, 0.2) is 97.2 Å². The number of carbonyl (C=O) groups is 2. The molecule has 9 nitrogen and oxygen atoms in total. The third-order valence-electron chi connectivity index (χ3n) is 14.6. The lowest BCUT2D eigenvalue weighted by atomic mass is 10.0. The van der Waals surface area contributed by atoms with E-state index in [1.165, 1.54) is 173 Å². The van der Waals surface area contributed by atoms with Crippen LogP contribution in [0.25, 0.3) is 0 Å². The van der Waals surface area contributed by atoms with Crippen molar-refractivity contribution in [2.45, 2.75) is 302 Å². The maximum absolute atomic E-state index is 12.9. The van der Waals surface area contributed by atoms with Gasteiger partial charge in [-0.1, -0.05) is 291 Å². The molecule has 1 N–H and O–H groups in total. The quantitative estimate of drug-likeness (QED) is 0.0211. The van der Waals surface area contributed by atoms with Crippen molar-refractivity contribution in [1.82, 2.24) is 0 Å². The van der Waals surface area contributed by atoms with Crippen molar-refractivity contribution in [1.29, 1.82) is 0 Å². The van der Waals surface area contributed by atoms with E-state index in [9.17, 15) is 19.0 Å². The van der Waals surface area contributed by atoms with Gasteiger partial charge in [-0.2, -0.15) is 0 Å². The molecule has 0 aromatic heterocycles. The van der Waals surface area contributed by atoms with Crippen LogP contribution in [0.2, 0.25) is 0 Å². The Morgan fingerprint density at radius 3 is 0.976 bits per heavy atom. The summed E-state index contributed by atoms with van der Waals surface area (Å²) >= 11 is 0. The van der Waals surface area contributed by atoms with Crippen molar-refractivity contribution in [2.75, 3.05) is 47.5 Å². The van der Waals surface area contributed by atoms with E-state index < -0.39 is 26.5 Å². The number of carbonyl (C=O) groups excluding carboxylic acids is 2. The molecule has 0 fully saturated rings. The van der Waals surface area contributed by atoms with Crippen molar-refractivity contribution in [3.63, 3.8) is 0 Å². The van der Waals surface area contributed by atoms with Crippen LogP contribution >= 0.6 is 7.82 Å². The second-order valence-corrected chi connectivity index (χ2v) is 25.3. The molecule has 2 atom stereocenters. The third kappa shape index (κ3) is 66.1. The molecule has 0 spiro atoms. The molecule has 0 aliphatic heterocycles. The van der Waals surface area contributed by atoms with Gasteiger partial charge in [-0.05, 0) is 89.9 Å². The SMILES string of the molecule is CC/C=C\C/C=C\C/C=C\C/C=C\CCCCCCCCCCCCCCCCCCCCCCCCC(=O)OC(COC(=O)CCCCCCCCCCCC/C=C\C/C=C\C/C=C\C/C=C\CC)COP(=O)(O)OCC[N+](C)(C)C. The monoisotopic (exact) mass is 1170 g/mol. The molecule has 474 valence electrons. The summed E-state index contributed by atoms with van der Waals surface area (Å²) in [6, 6.07) is 0. The first-order valence-electron chi connectivity index (χ1n) is 34.0. The number of hydrogen-bond acceptors (Lipinski definition) is 7. The second-order valence-electron chi connectivity index (χ2n) is 23.8. The van der Waals surface area contributed by atoms with Gasteiger partial charge < -0.3 is 18.9 Å². The number of quaternary nitrogens is 1. The first-order valence-corrected chi connectivity index (χ1v) is 35.5. The Morgan fingerprint density at radius 2 is 0.659 bits per heavy atom. The first kappa shape index (κ1) is 78.9. The highest BCUT2D eigenvalue weighted by Crippen LogP contribution is 2.43. The Morgan fingerprint density at radius 1 is 0.378 bits per heavy atom. The molecule has 10 heteroatoms. The number of allylic oxidation sites excluding steroid dienone is 16. The summed E-state index contributed by atoms with van der Waals surface area (Å²) in [6.07, 6.45) is 86.5. The van der Waals surface area contributed by atoms with E-state index in [4.69, 9.17) is 18.5 Å². The van der Waals surface area contributed by atoms with Crippen LogP contribution in [0.1, 0.15) is 296 Å². The number of nitrogens with zero attached hydrogens (tertiary/aromatic N) is 1. The number of likely N-dealkylation sites (N-methyl/N-ethyl adjacent to an activating group) is 1. The number of phosphoric acid groups is 1. The highest BCUT2D eigenvalue weighted by Gasteiger charge is 2.27. The zero-order valence-electron chi connectivity index (χ0n) is 54.0. The molecular formula is C72H129NO8P+. The van der Waals surface area contributed by atoms with E-state index in [2.05, 4.69) is 111 Å². The van der Waals surface area contributed by atoms with E-state index in [0.717, 1.165) is 89.9 Å². The minimum Gasteiger partial charge on any atom is -0.462 e. The lowest BCUT2D eigenvalue weighted by Crippen LogP contribution is -2.37. The Hall–Kier alpha value is -3.07. The average Bonchev–Trinajstić information content (AvgIpc) is 3.45. The molecule has 0 aromatic rings. The van der Waals surface area contributed by atoms with Gasteiger partial charge in [0, 0.05) is 12.8 Å². The Labute approximate surface area is 506 Å². The molecule has 0 rings (SSSR count). The van der Waals surface area contributed by atoms with Crippen molar-refractivity contribution in [3.8, 4) is 0 Å². The van der Waals surface area contributed by atoms with Crippen molar-refractivity contribution >= 4 is 19.8 Å². The first-order chi connectivity index (χ1) is 40.0. The number of ether oxygens (including phenoxy) is 2. The average molecular weight is 1170 g/mol. The van der Waals surface area contributed by atoms with Crippen LogP contribution in [0, 0.1) is 0 Å². The van der Waals surface area contributed by atoms with Gasteiger partial charge in [0.05, 0.1) is 27.7 Å². The highest BCUT2D eigenvalue weighted by atomic mass is 31.2. The van der Waals surface area contributed by atoms with Crippen LogP contribution in [0.3, 0.4) is 0 Å². The summed E-state index contributed by atoms with van der Waals surface area (Å²) in [5, 5.41) is 0. The zero-order valence-corrected chi connectivity index (χ0v) is 54.8. The van der Waals surface area contributed by atoms with Gasteiger partial charge in [0.15, 0.2) is 6.10 Å². The molecule has 82 heavy (non-hydrogen) atoms. The molecule has 0 saturated carbocycles. The van der Waals surface area contributed by atoms with Gasteiger partial charge in [0.2, 0.25) is 0 Å². The number of esters is 2. The molecule has 0 aliphatic carbocycles. The lowest BCUT2D eigenvalue weighted by molar-refractivity contribution is -0.870. The molecule has 0 amide bonds. The summed E-state index contributed by atoms with van der Waals surface area (Å²) in [5.74, 6) is -0.794. The molecule has 0 bridgehead atoms. The maximum atomic E-state index is 12.9. The van der Waals surface area contributed by atoms with Crippen molar-refractivity contribution in [2.24, 2.45) is 0 Å². The summed E-state index contributed by atoms with van der Waals surface area (Å²) in [6.45, 7) is 4.23. The van der Waals surface area contributed by atoms with Gasteiger partial charge in [-0.3, -0.25) is 18.6 Å². The summed E-state index contributed by atoms with van der Waals surface area (Å²) < 4.78 is 34.7. The van der Waals surface area contributed by atoms with Crippen LogP contribution in [0.5, 0.6) is 0 Å². The Kier molecular flexibility index (Phi) is 60.1. The van der Waals surface area contributed by atoms with Gasteiger partial charge in [-0.25, -0.2) is 4.57 Å². The number of rotatable bonds is 62. The predicted octanol–water partition coefficient (Wildman–Crippen LogP) is 21.9. The topological polar surface area (TPSA) is 108 Å². The van der Waals surface area contributed by atoms with Gasteiger partial charge >= 0.3 is 19.8 Å². The Balaban J connectivity index is 4.01. The fourth-order valence-corrected chi connectivity index (χ4v) is 10.2. The van der Waals surface area contributed by atoms with Crippen LogP contribution in [-0.4, -0.2) is 74.9 Å². The minimum absolute atomic E-state index is 0.0291. The van der Waals surface area contributed by atoms with Crippen LogP contribution in [-0.2, 0) is 32.7 Å². The summed E-state index contributed by atoms with van der Waals surface area (Å²) in [4.78, 5) is 35.8. The van der Waals surface area contributed by atoms with Gasteiger partial charge in [0.25, 0.3) is 0 Å². The fraction of sp³-hybridized carbons (Fsp3) is 0.750. The molecule has 0 aromatic carbocycles. The fourth-order valence-electron chi connectivity index (χ4n) is 9.47. The molecule has 0 aliphatic rings.